The lowest BCUT2D eigenvalue weighted by atomic mass is 10.1. The summed E-state index contributed by atoms with van der Waals surface area (Å²) in [6.07, 6.45) is -1.74. The number of halogens is 3. The van der Waals surface area contributed by atoms with E-state index in [1.165, 1.54) is 31.4 Å². The van der Waals surface area contributed by atoms with E-state index in [2.05, 4.69) is 5.32 Å². The van der Waals surface area contributed by atoms with Gasteiger partial charge in [0.2, 0.25) is 5.91 Å². The van der Waals surface area contributed by atoms with E-state index in [-0.39, 0.29) is 0 Å². The smallest absolute Gasteiger partial charge is 0.416 e. The number of methoxy groups -OCH3 is 1. The summed E-state index contributed by atoms with van der Waals surface area (Å²) >= 11 is 0. The number of hydrogen-bond donors (Lipinski definition) is 2. The fourth-order valence-corrected chi connectivity index (χ4v) is 2.17. The highest BCUT2D eigenvalue weighted by Gasteiger charge is 2.29. The van der Waals surface area contributed by atoms with Crippen LogP contribution in [0.3, 0.4) is 0 Å². The molecule has 144 valence electrons. The van der Waals surface area contributed by atoms with Crippen molar-refractivity contribution in [3.8, 4) is 11.5 Å². The number of nitrogens with two attached hydrogens (primary N) is 1. The van der Waals surface area contributed by atoms with E-state index in [1.807, 2.05) is 0 Å². The Morgan fingerprint density at radius 1 is 1.15 bits per heavy atom. The lowest BCUT2D eigenvalue weighted by molar-refractivity contribution is -0.137. The molecule has 0 fully saturated rings. The van der Waals surface area contributed by atoms with Crippen LogP contribution in [0.15, 0.2) is 48.5 Å². The SMILES string of the molecule is COc1cc(NC(=O)C=Cc2ccc(C(F)(F)F)cc2)ccc1OCCN. The van der Waals surface area contributed by atoms with Gasteiger partial charge in [-0.25, -0.2) is 0 Å². The maximum Gasteiger partial charge on any atom is 0.416 e. The van der Waals surface area contributed by atoms with Crippen LogP contribution in [0, 0.1) is 0 Å². The Morgan fingerprint density at radius 3 is 2.44 bits per heavy atom. The van der Waals surface area contributed by atoms with Crippen molar-refractivity contribution in [1.82, 2.24) is 0 Å². The summed E-state index contributed by atoms with van der Waals surface area (Å²) in [6.45, 7) is 0.689. The maximum absolute atomic E-state index is 12.5. The average molecular weight is 380 g/mol. The minimum Gasteiger partial charge on any atom is -0.493 e. The van der Waals surface area contributed by atoms with Crippen molar-refractivity contribution < 1.29 is 27.4 Å². The summed E-state index contributed by atoms with van der Waals surface area (Å²) in [5.74, 6) is 0.502. The Kier molecular flexibility index (Phi) is 6.84. The zero-order valence-electron chi connectivity index (χ0n) is 14.5. The second-order valence-electron chi connectivity index (χ2n) is 5.45. The average Bonchev–Trinajstić information content (AvgIpc) is 2.64. The van der Waals surface area contributed by atoms with Gasteiger partial charge >= 0.3 is 6.18 Å². The number of nitrogens with one attached hydrogen (secondary N) is 1. The molecule has 2 aromatic carbocycles. The van der Waals surface area contributed by atoms with Gasteiger partial charge < -0.3 is 20.5 Å². The molecule has 0 heterocycles. The number of amides is 1. The van der Waals surface area contributed by atoms with E-state index in [0.29, 0.717) is 35.9 Å². The van der Waals surface area contributed by atoms with Crippen molar-refractivity contribution in [2.24, 2.45) is 5.73 Å². The van der Waals surface area contributed by atoms with Crippen LogP contribution in [0.2, 0.25) is 0 Å². The molecule has 0 radical (unpaired) electrons. The van der Waals surface area contributed by atoms with Gasteiger partial charge in [-0.2, -0.15) is 13.2 Å². The van der Waals surface area contributed by atoms with Gasteiger partial charge in [0.05, 0.1) is 12.7 Å². The number of alkyl halides is 3. The van der Waals surface area contributed by atoms with E-state index < -0.39 is 17.6 Å². The van der Waals surface area contributed by atoms with Crippen molar-refractivity contribution >= 4 is 17.7 Å². The summed E-state index contributed by atoms with van der Waals surface area (Å²) in [6, 6.07) is 9.38. The number of ether oxygens (including phenoxy) is 2. The Balaban J connectivity index is 2.01. The first-order chi connectivity index (χ1) is 12.8. The minimum absolute atomic E-state index is 0.331. The van der Waals surface area contributed by atoms with E-state index in [9.17, 15) is 18.0 Å². The highest BCUT2D eigenvalue weighted by molar-refractivity contribution is 6.02. The molecule has 0 saturated heterocycles. The van der Waals surface area contributed by atoms with Crippen LogP contribution < -0.4 is 20.5 Å². The lowest BCUT2D eigenvalue weighted by Crippen LogP contribution is -2.11. The van der Waals surface area contributed by atoms with Crippen LogP contribution in [0.4, 0.5) is 18.9 Å². The maximum atomic E-state index is 12.5. The summed E-state index contributed by atoms with van der Waals surface area (Å²) in [5, 5.41) is 2.64. The van der Waals surface area contributed by atoms with E-state index in [1.54, 1.807) is 18.2 Å². The zero-order valence-corrected chi connectivity index (χ0v) is 14.5. The molecule has 2 rings (SSSR count). The standard InChI is InChI=1S/C19H19F3N2O3/c1-26-17-12-15(7-8-16(17)27-11-10-23)24-18(25)9-4-13-2-5-14(6-3-13)19(20,21)22/h2-9,12H,10-11,23H2,1H3,(H,24,25). The Hall–Kier alpha value is -3.00. The third kappa shape index (κ3) is 6.03. The first-order valence-electron chi connectivity index (χ1n) is 8.00. The van der Waals surface area contributed by atoms with Gasteiger partial charge in [-0.15, -0.1) is 0 Å². The molecule has 0 atom stereocenters. The molecule has 3 N–H and O–H groups in total. The van der Waals surface area contributed by atoms with Crippen LogP contribution in [-0.4, -0.2) is 26.2 Å². The number of carbonyl (C=O) groups is 1. The topological polar surface area (TPSA) is 73.6 Å². The van der Waals surface area contributed by atoms with Crippen molar-refractivity contribution in [1.29, 1.82) is 0 Å². The van der Waals surface area contributed by atoms with Crippen LogP contribution in [0.5, 0.6) is 11.5 Å². The Bertz CT molecular complexity index is 803. The molecule has 0 aliphatic heterocycles. The van der Waals surface area contributed by atoms with Gasteiger partial charge in [-0.05, 0) is 35.9 Å². The molecule has 2 aromatic rings. The monoisotopic (exact) mass is 380 g/mol. The zero-order chi connectivity index (χ0) is 19.9. The normalized spacial score (nSPS) is 11.4. The molecule has 8 heteroatoms. The highest BCUT2D eigenvalue weighted by atomic mass is 19.4. The highest BCUT2D eigenvalue weighted by Crippen LogP contribution is 2.30. The fraction of sp³-hybridized carbons (Fsp3) is 0.211. The molecule has 1 amide bonds. The van der Waals surface area contributed by atoms with Crippen LogP contribution in [0.25, 0.3) is 6.08 Å². The second kappa shape index (κ2) is 9.09. The fourth-order valence-electron chi connectivity index (χ4n) is 2.17. The lowest BCUT2D eigenvalue weighted by Gasteiger charge is -2.11. The second-order valence-corrected chi connectivity index (χ2v) is 5.45. The van der Waals surface area contributed by atoms with Crippen molar-refractivity contribution in [2.45, 2.75) is 6.18 Å². The summed E-state index contributed by atoms with van der Waals surface area (Å²) in [7, 11) is 1.47. The molecule has 0 aliphatic rings. The summed E-state index contributed by atoms with van der Waals surface area (Å²) < 4.78 is 48.2. The molecule has 0 unspecified atom stereocenters. The van der Waals surface area contributed by atoms with Crippen LogP contribution in [-0.2, 0) is 11.0 Å². The predicted molar refractivity (Wildman–Crippen MR) is 96.7 cm³/mol. The first kappa shape index (κ1) is 20.3. The molecule has 27 heavy (non-hydrogen) atoms. The van der Waals surface area contributed by atoms with Crippen molar-refractivity contribution in [3.63, 3.8) is 0 Å². The Labute approximate surface area is 154 Å². The third-order valence-electron chi connectivity index (χ3n) is 3.47. The van der Waals surface area contributed by atoms with Crippen molar-refractivity contribution in [2.75, 3.05) is 25.6 Å². The van der Waals surface area contributed by atoms with Gasteiger partial charge in [-0.3, -0.25) is 4.79 Å². The van der Waals surface area contributed by atoms with Crippen LogP contribution >= 0.6 is 0 Å². The van der Waals surface area contributed by atoms with Crippen molar-refractivity contribution in [3.05, 3.63) is 59.7 Å². The van der Waals surface area contributed by atoms with E-state index in [4.69, 9.17) is 15.2 Å². The third-order valence-corrected chi connectivity index (χ3v) is 3.47. The van der Waals surface area contributed by atoms with Gasteiger partial charge in [0.25, 0.3) is 0 Å². The largest absolute Gasteiger partial charge is 0.493 e. The van der Waals surface area contributed by atoms with Gasteiger partial charge in [0.1, 0.15) is 6.61 Å². The first-order valence-corrected chi connectivity index (χ1v) is 8.00. The molecular weight excluding hydrogens is 361 g/mol. The summed E-state index contributed by atoms with van der Waals surface area (Å²) in [4.78, 5) is 12.0. The number of rotatable bonds is 7. The van der Waals surface area contributed by atoms with Gasteiger partial charge in [0.15, 0.2) is 11.5 Å². The minimum atomic E-state index is -4.39. The van der Waals surface area contributed by atoms with Crippen LogP contribution in [0.1, 0.15) is 11.1 Å². The van der Waals surface area contributed by atoms with E-state index in [0.717, 1.165) is 12.1 Å². The molecule has 0 bridgehead atoms. The Morgan fingerprint density at radius 2 is 1.85 bits per heavy atom. The number of benzene rings is 2. The van der Waals surface area contributed by atoms with Gasteiger partial charge in [-0.1, -0.05) is 12.1 Å². The molecule has 0 aromatic heterocycles. The molecule has 0 spiro atoms. The quantitative estimate of drug-likeness (QED) is 0.719. The molecular formula is C19H19F3N2O3. The predicted octanol–water partition coefficient (Wildman–Crippen LogP) is 3.70. The van der Waals surface area contributed by atoms with Gasteiger partial charge in [0, 0.05) is 24.4 Å². The number of hydrogen-bond acceptors (Lipinski definition) is 4. The molecule has 5 nitrogen and oxygen atoms in total. The molecule has 0 saturated carbocycles. The number of anilines is 1. The summed E-state index contributed by atoms with van der Waals surface area (Å²) in [5.41, 5.74) is 5.60. The number of carbonyl (C=O) groups excluding carboxylic acids is 1. The molecule has 0 aliphatic carbocycles. The van der Waals surface area contributed by atoms with E-state index >= 15 is 0 Å².